The molecule has 0 N–H and O–H groups in total. The topological polar surface area (TPSA) is 60.4 Å². The number of anilines is 1. The molecule has 0 heterocycles. The van der Waals surface area contributed by atoms with E-state index in [1.54, 1.807) is 24.3 Å². The Hall–Kier alpha value is -0.840. The number of aliphatic carboxylic acids is 1. The number of rotatable bonds is 13. The molecular weight excluding hydrogens is 325 g/mol. The van der Waals surface area contributed by atoms with Crippen molar-refractivity contribution in [3.05, 3.63) is 30.3 Å². The van der Waals surface area contributed by atoms with Crippen LogP contribution in [-0.2, 0) is 9.59 Å². The van der Waals surface area contributed by atoms with Crippen LogP contribution in [-0.4, -0.2) is 18.4 Å². The molecule has 5 heteroatoms. The molecule has 1 aromatic carbocycles. The normalized spacial score (nSPS) is 10.1. The minimum Gasteiger partial charge on any atom is -0.548 e. The molecule has 1 rings (SSSR count). The minimum absolute atomic E-state index is 0. The summed E-state index contributed by atoms with van der Waals surface area (Å²) in [5, 5.41) is 10.9. The van der Waals surface area contributed by atoms with Crippen LogP contribution in [0.15, 0.2) is 30.3 Å². The number of para-hydroxylation sites is 1. The van der Waals surface area contributed by atoms with Gasteiger partial charge in [0.05, 0.1) is 12.5 Å². The summed E-state index contributed by atoms with van der Waals surface area (Å²) in [6.07, 6.45) is 11.1. The number of hydrogen-bond donors (Lipinski definition) is 0. The predicted molar refractivity (Wildman–Crippen MR) is 95.6 cm³/mol. The first-order valence-electron chi connectivity index (χ1n) is 9.20. The maximum atomic E-state index is 12.3. The summed E-state index contributed by atoms with van der Waals surface area (Å²) in [4.78, 5) is 24.5. The van der Waals surface area contributed by atoms with Gasteiger partial charge in [-0.2, -0.15) is 0 Å². The van der Waals surface area contributed by atoms with Crippen molar-refractivity contribution in [3.63, 3.8) is 0 Å². The van der Waals surface area contributed by atoms with Gasteiger partial charge < -0.3 is 14.8 Å². The molecule has 0 aliphatic carbocycles. The first-order valence-corrected chi connectivity index (χ1v) is 9.20. The third-order valence-electron chi connectivity index (χ3n) is 4.15. The molecule has 1 aromatic rings. The summed E-state index contributed by atoms with van der Waals surface area (Å²) < 4.78 is 0. The molecule has 0 unspecified atom stereocenters. The van der Waals surface area contributed by atoms with E-state index in [0.29, 0.717) is 12.1 Å². The number of carboxylic acid groups (broad SMARTS) is 1. The van der Waals surface area contributed by atoms with E-state index in [1.165, 1.54) is 43.4 Å². The zero-order valence-electron chi connectivity index (χ0n) is 15.8. The number of hydrogen-bond acceptors (Lipinski definition) is 3. The third-order valence-corrected chi connectivity index (χ3v) is 4.15. The molecule has 0 spiro atoms. The average molecular weight is 355 g/mol. The Morgan fingerprint density at radius 3 is 1.92 bits per heavy atom. The van der Waals surface area contributed by atoms with E-state index >= 15 is 0 Å². The molecule has 0 bridgehead atoms. The number of carbonyl (C=O) groups is 2. The van der Waals surface area contributed by atoms with Crippen LogP contribution in [0.5, 0.6) is 0 Å². The van der Waals surface area contributed by atoms with Crippen molar-refractivity contribution in [2.75, 3.05) is 11.4 Å². The maximum absolute atomic E-state index is 12.3. The maximum Gasteiger partial charge on any atom is 1.00 e. The van der Waals surface area contributed by atoms with Crippen molar-refractivity contribution in [1.29, 1.82) is 0 Å². The second-order valence-corrected chi connectivity index (χ2v) is 6.27. The molecule has 0 saturated heterocycles. The van der Waals surface area contributed by atoms with Gasteiger partial charge in [0.25, 0.3) is 0 Å². The smallest absolute Gasteiger partial charge is 0.548 e. The van der Waals surface area contributed by atoms with Gasteiger partial charge in [-0.25, -0.2) is 0 Å². The van der Waals surface area contributed by atoms with Crippen LogP contribution in [0.1, 0.15) is 71.1 Å². The Morgan fingerprint density at radius 1 is 0.880 bits per heavy atom. The minimum atomic E-state index is -1.24. The van der Waals surface area contributed by atoms with Gasteiger partial charge in [0, 0.05) is 12.1 Å². The number of nitrogens with zero attached hydrogens (tertiary/aromatic N) is 1. The zero-order chi connectivity index (χ0) is 17.6. The summed E-state index contributed by atoms with van der Waals surface area (Å²) in [5.74, 6) is -1.38. The number of unbranched alkanes of at least 4 members (excludes halogenated alkanes) is 8. The fraction of sp³-hybridized carbons (Fsp3) is 0.600. The van der Waals surface area contributed by atoms with E-state index in [-0.39, 0.29) is 42.0 Å². The largest absolute Gasteiger partial charge is 1.00 e. The Balaban J connectivity index is 0.00000576. The Bertz CT molecular complexity index is 479. The molecule has 0 radical (unpaired) electrons. The van der Waals surface area contributed by atoms with E-state index in [9.17, 15) is 14.7 Å². The summed E-state index contributed by atoms with van der Waals surface area (Å²) in [6.45, 7) is 1.83. The van der Waals surface area contributed by atoms with Crippen LogP contribution >= 0.6 is 0 Å². The van der Waals surface area contributed by atoms with Crippen molar-refractivity contribution in [2.45, 2.75) is 71.1 Å². The monoisotopic (exact) mass is 355 g/mol. The molecule has 0 fully saturated rings. The first kappa shape index (κ1) is 24.2. The van der Waals surface area contributed by atoms with Gasteiger partial charge in [-0.15, -0.1) is 0 Å². The SMILES string of the molecule is CCCCCCCCCCCC(=O)N(CC(=O)[O-])c1ccccc1.[Na+]. The van der Waals surface area contributed by atoms with E-state index in [0.717, 1.165) is 19.3 Å². The summed E-state index contributed by atoms with van der Waals surface area (Å²) in [7, 11) is 0. The zero-order valence-corrected chi connectivity index (χ0v) is 17.8. The van der Waals surface area contributed by atoms with Crippen LogP contribution < -0.4 is 39.6 Å². The summed E-state index contributed by atoms with van der Waals surface area (Å²) >= 11 is 0. The van der Waals surface area contributed by atoms with Gasteiger partial charge in [-0.1, -0.05) is 76.5 Å². The fourth-order valence-corrected chi connectivity index (χ4v) is 2.78. The van der Waals surface area contributed by atoms with Crippen LogP contribution in [0.2, 0.25) is 0 Å². The Kier molecular flexibility index (Phi) is 14.9. The van der Waals surface area contributed by atoms with Crippen LogP contribution in [0.3, 0.4) is 0 Å². The van der Waals surface area contributed by atoms with E-state index in [4.69, 9.17) is 0 Å². The van der Waals surface area contributed by atoms with Crippen molar-refractivity contribution >= 4 is 17.6 Å². The molecule has 0 aliphatic rings. The quantitative estimate of drug-likeness (QED) is 0.386. The number of amides is 1. The van der Waals surface area contributed by atoms with Crippen LogP contribution in [0.25, 0.3) is 0 Å². The van der Waals surface area contributed by atoms with Gasteiger partial charge in [0.15, 0.2) is 0 Å². The molecule has 4 nitrogen and oxygen atoms in total. The molecule has 1 amide bonds. The Labute approximate surface area is 174 Å². The van der Waals surface area contributed by atoms with Crippen molar-refractivity contribution in [3.8, 4) is 0 Å². The van der Waals surface area contributed by atoms with Crippen LogP contribution in [0, 0.1) is 0 Å². The van der Waals surface area contributed by atoms with E-state index in [1.807, 2.05) is 6.07 Å². The van der Waals surface area contributed by atoms with Gasteiger partial charge in [-0.3, -0.25) is 4.79 Å². The summed E-state index contributed by atoms with van der Waals surface area (Å²) in [6, 6.07) is 8.92. The second kappa shape index (κ2) is 15.4. The molecule has 0 aliphatic heterocycles. The summed E-state index contributed by atoms with van der Waals surface area (Å²) in [5.41, 5.74) is 0.614. The van der Waals surface area contributed by atoms with E-state index in [2.05, 4.69) is 6.92 Å². The number of carboxylic acids is 1. The van der Waals surface area contributed by atoms with Crippen molar-refractivity contribution in [1.82, 2.24) is 0 Å². The van der Waals surface area contributed by atoms with Gasteiger partial charge in [0.1, 0.15) is 0 Å². The molecule has 0 atom stereocenters. The standard InChI is InChI=1S/C20H31NO3.Na/c1-2-3-4-5-6-7-8-9-13-16-19(22)21(17-20(23)24)18-14-11-10-12-15-18;/h10-12,14-15H,2-9,13,16-17H2,1H3,(H,23,24);/q;+1/p-1. The van der Waals surface area contributed by atoms with Crippen LogP contribution in [0.4, 0.5) is 5.69 Å². The molecule has 0 aromatic heterocycles. The molecular formula is C20H30NNaO3. The number of carbonyl (C=O) groups excluding carboxylic acids is 2. The second-order valence-electron chi connectivity index (χ2n) is 6.27. The van der Waals surface area contributed by atoms with E-state index < -0.39 is 5.97 Å². The molecule has 25 heavy (non-hydrogen) atoms. The van der Waals surface area contributed by atoms with Crippen molar-refractivity contribution in [2.24, 2.45) is 0 Å². The Morgan fingerprint density at radius 2 is 1.40 bits per heavy atom. The van der Waals surface area contributed by atoms with Crippen molar-refractivity contribution < 1.29 is 44.3 Å². The predicted octanol–water partition coefficient (Wildman–Crippen LogP) is 0.694. The van der Waals surface area contributed by atoms with Gasteiger partial charge in [0.2, 0.25) is 5.91 Å². The number of benzene rings is 1. The molecule has 0 saturated carbocycles. The third kappa shape index (κ3) is 11.4. The first-order chi connectivity index (χ1) is 11.6. The van der Waals surface area contributed by atoms with Gasteiger partial charge >= 0.3 is 29.6 Å². The van der Waals surface area contributed by atoms with Gasteiger partial charge in [-0.05, 0) is 18.6 Å². The molecule has 134 valence electrons. The average Bonchev–Trinajstić information content (AvgIpc) is 2.58. The fourth-order valence-electron chi connectivity index (χ4n) is 2.78.